The summed E-state index contributed by atoms with van der Waals surface area (Å²) in [7, 11) is 0. The molecule has 88 valence electrons. The number of Topliss-reactive ketones (excluding diaryl/α,β-unsaturated/α-hetero) is 1. The molecule has 1 aliphatic rings. The summed E-state index contributed by atoms with van der Waals surface area (Å²) in [6.07, 6.45) is 4.06. The smallest absolute Gasteiger partial charge is 0.129 e. The van der Waals surface area contributed by atoms with E-state index < -0.39 is 0 Å². The van der Waals surface area contributed by atoms with Gasteiger partial charge < -0.3 is 9.53 Å². The second kappa shape index (κ2) is 6.96. The van der Waals surface area contributed by atoms with Crippen molar-refractivity contribution in [1.82, 2.24) is 4.90 Å². The Bertz CT molecular complexity index is 194. The average molecular weight is 213 g/mol. The molecule has 0 aromatic carbocycles. The molecule has 0 saturated carbocycles. The van der Waals surface area contributed by atoms with Crippen molar-refractivity contribution in [2.45, 2.75) is 45.6 Å². The predicted molar refractivity (Wildman–Crippen MR) is 61.0 cm³/mol. The minimum atomic E-state index is 0.309. The summed E-state index contributed by atoms with van der Waals surface area (Å²) < 4.78 is 5.45. The van der Waals surface area contributed by atoms with Gasteiger partial charge >= 0.3 is 0 Å². The summed E-state index contributed by atoms with van der Waals surface area (Å²) in [6, 6.07) is 0.594. The molecular weight excluding hydrogens is 190 g/mol. The predicted octanol–water partition coefficient (Wildman–Crippen LogP) is 1.86. The molecule has 0 amide bonds. The molecule has 1 atom stereocenters. The van der Waals surface area contributed by atoms with E-state index >= 15 is 0 Å². The molecule has 0 aromatic rings. The van der Waals surface area contributed by atoms with Gasteiger partial charge in [0.2, 0.25) is 0 Å². The molecule has 0 spiro atoms. The molecular formula is C12H23NO2. The molecule has 0 radical (unpaired) electrons. The van der Waals surface area contributed by atoms with Gasteiger partial charge in [0, 0.05) is 19.0 Å². The van der Waals surface area contributed by atoms with E-state index in [1.54, 1.807) is 6.92 Å². The number of rotatable bonds is 6. The Morgan fingerprint density at radius 1 is 1.47 bits per heavy atom. The molecule has 15 heavy (non-hydrogen) atoms. The Hall–Kier alpha value is -0.410. The van der Waals surface area contributed by atoms with Crippen LogP contribution in [-0.4, -0.2) is 43.0 Å². The molecule has 3 heteroatoms. The number of hydrogen-bond donors (Lipinski definition) is 0. The summed E-state index contributed by atoms with van der Waals surface area (Å²) in [5, 5.41) is 0. The standard InChI is InChI=1S/C12H23NO2/c1-3-12-10-15-9-8-13(12)7-5-4-6-11(2)14/h12H,3-10H2,1-2H3. The lowest BCUT2D eigenvalue weighted by Gasteiger charge is -2.35. The van der Waals surface area contributed by atoms with Crippen LogP contribution in [0.4, 0.5) is 0 Å². The fraction of sp³-hybridized carbons (Fsp3) is 0.917. The van der Waals surface area contributed by atoms with Crippen LogP contribution in [0.3, 0.4) is 0 Å². The number of hydrogen-bond acceptors (Lipinski definition) is 3. The fourth-order valence-corrected chi connectivity index (χ4v) is 2.05. The van der Waals surface area contributed by atoms with Gasteiger partial charge in [0.05, 0.1) is 13.2 Å². The van der Waals surface area contributed by atoms with Crippen molar-refractivity contribution >= 4 is 5.78 Å². The molecule has 1 fully saturated rings. The highest BCUT2D eigenvalue weighted by atomic mass is 16.5. The molecule has 1 rings (SSSR count). The zero-order valence-electron chi connectivity index (χ0n) is 10.00. The largest absolute Gasteiger partial charge is 0.378 e. The Kier molecular flexibility index (Phi) is 5.88. The Morgan fingerprint density at radius 3 is 2.93 bits per heavy atom. The molecule has 3 nitrogen and oxygen atoms in total. The van der Waals surface area contributed by atoms with E-state index in [2.05, 4.69) is 11.8 Å². The van der Waals surface area contributed by atoms with Crippen molar-refractivity contribution in [3.05, 3.63) is 0 Å². The summed E-state index contributed by atoms with van der Waals surface area (Å²) in [6.45, 7) is 7.80. The number of unbranched alkanes of at least 4 members (excludes halogenated alkanes) is 1. The zero-order chi connectivity index (χ0) is 11.1. The number of carbonyl (C=O) groups excluding carboxylic acids is 1. The van der Waals surface area contributed by atoms with Gasteiger partial charge in [0.15, 0.2) is 0 Å². The number of ether oxygens (including phenoxy) is 1. The van der Waals surface area contributed by atoms with Gasteiger partial charge in [-0.2, -0.15) is 0 Å². The SMILES string of the molecule is CCC1COCCN1CCCCC(C)=O. The molecule has 1 unspecified atom stereocenters. The topological polar surface area (TPSA) is 29.5 Å². The van der Waals surface area contributed by atoms with Crippen LogP contribution in [0.15, 0.2) is 0 Å². The van der Waals surface area contributed by atoms with Crippen LogP contribution in [0, 0.1) is 0 Å². The monoisotopic (exact) mass is 213 g/mol. The Balaban J connectivity index is 2.15. The fourth-order valence-electron chi connectivity index (χ4n) is 2.05. The highest BCUT2D eigenvalue weighted by Gasteiger charge is 2.20. The van der Waals surface area contributed by atoms with E-state index in [1.165, 1.54) is 0 Å². The Labute approximate surface area is 92.8 Å². The maximum atomic E-state index is 10.8. The third-order valence-corrected chi connectivity index (χ3v) is 3.04. The lowest BCUT2D eigenvalue weighted by atomic mass is 10.1. The second-order valence-electron chi connectivity index (χ2n) is 4.33. The molecule has 1 heterocycles. The van der Waals surface area contributed by atoms with Gasteiger partial charge in [-0.1, -0.05) is 6.92 Å². The van der Waals surface area contributed by atoms with E-state index in [4.69, 9.17) is 4.74 Å². The van der Waals surface area contributed by atoms with Crippen molar-refractivity contribution in [3.8, 4) is 0 Å². The number of morpholine rings is 1. The van der Waals surface area contributed by atoms with Crippen LogP contribution in [0.25, 0.3) is 0 Å². The van der Waals surface area contributed by atoms with Crippen LogP contribution < -0.4 is 0 Å². The first-order chi connectivity index (χ1) is 7.24. The van der Waals surface area contributed by atoms with Gasteiger partial charge in [0.25, 0.3) is 0 Å². The van der Waals surface area contributed by atoms with E-state index in [0.29, 0.717) is 11.8 Å². The Morgan fingerprint density at radius 2 is 2.27 bits per heavy atom. The normalized spacial score (nSPS) is 22.9. The highest BCUT2D eigenvalue weighted by molar-refractivity contribution is 5.75. The van der Waals surface area contributed by atoms with E-state index in [9.17, 15) is 4.79 Å². The summed E-state index contributed by atoms with van der Waals surface area (Å²) in [5.74, 6) is 0.309. The maximum Gasteiger partial charge on any atom is 0.129 e. The second-order valence-corrected chi connectivity index (χ2v) is 4.33. The first-order valence-corrected chi connectivity index (χ1v) is 6.05. The first kappa shape index (κ1) is 12.7. The van der Waals surface area contributed by atoms with E-state index in [0.717, 1.165) is 52.0 Å². The molecule has 0 aromatic heterocycles. The van der Waals surface area contributed by atoms with Crippen LogP contribution in [0.5, 0.6) is 0 Å². The van der Waals surface area contributed by atoms with Crippen LogP contribution >= 0.6 is 0 Å². The number of ketones is 1. The van der Waals surface area contributed by atoms with Crippen LogP contribution in [0.1, 0.15) is 39.5 Å². The third-order valence-electron chi connectivity index (χ3n) is 3.04. The van der Waals surface area contributed by atoms with Gasteiger partial charge in [-0.15, -0.1) is 0 Å². The lowest BCUT2D eigenvalue weighted by molar-refractivity contribution is -0.117. The van der Waals surface area contributed by atoms with E-state index in [-0.39, 0.29) is 0 Å². The van der Waals surface area contributed by atoms with Crippen molar-refractivity contribution in [2.75, 3.05) is 26.3 Å². The molecule has 0 N–H and O–H groups in total. The van der Waals surface area contributed by atoms with Gasteiger partial charge in [-0.3, -0.25) is 4.90 Å². The molecule has 1 saturated heterocycles. The summed E-state index contributed by atoms with van der Waals surface area (Å²) in [5.41, 5.74) is 0. The van der Waals surface area contributed by atoms with Gasteiger partial charge in [0.1, 0.15) is 5.78 Å². The van der Waals surface area contributed by atoms with Crippen molar-refractivity contribution in [3.63, 3.8) is 0 Å². The van der Waals surface area contributed by atoms with Crippen molar-refractivity contribution in [2.24, 2.45) is 0 Å². The summed E-state index contributed by atoms with van der Waals surface area (Å²) in [4.78, 5) is 13.3. The van der Waals surface area contributed by atoms with Crippen LogP contribution in [0.2, 0.25) is 0 Å². The lowest BCUT2D eigenvalue weighted by Crippen LogP contribution is -2.45. The van der Waals surface area contributed by atoms with Crippen molar-refractivity contribution in [1.29, 1.82) is 0 Å². The average Bonchev–Trinajstić information content (AvgIpc) is 2.24. The van der Waals surface area contributed by atoms with Crippen molar-refractivity contribution < 1.29 is 9.53 Å². The van der Waals surface area contributed by atoms with E-state index in [1.807, 2.05) is 0 Å². The van der Waals surface area contributed by atoms with Gasteiger partial charge in [-0.05, 0) is 32.7 Å². The first-order valence-electron chi connectivity index (χ1n) is 6.05. The number of nitrogens with zero attached hydrogens (tertiary/aromatic N) is 1. The minimum absolute atomic E-state index is 0.309. The minimum Gasteiger partial charge on any atom is -0.378 e. The third kappa shape index (κ3) is 4.76. The maximum absolute atomic E-state index is 10.8. The van der Waals surface area contributed by atoms with Gasteiger partial charge in [-0.25, -0.2) is 0 Å². The van der Waals surface area contributed by atoms with Crippen LogP contribution in [-0.2, 0) is 9.53 Å². The highest BCUT2D eigenvalue weighted by Crippen LogP contribution is 2.11. The zero-order valence-corrected chi connectivity index (χ0v) is 10.00. The molecule has 1 aliphatic heterocycles. The quantitative estimate of drug-likeness (QED) is 0.631. The molecule has 0 aliphatic carbocycles. The summed E-state index contributed by atoms with van der Waals surface area (Å²) >= 11 is 0. The number of carbonyl (C=O) groups is 1. The molecule has 0 bridgehead atoms.